The molecule has 7 heteroatoms. The normalized spacial score (nSPS) is 15.6. The quantitative estimate of drug-likeness (QED) is 0.883. The molecule has 2 heterocycles. The minimum atomic E-state index is -0.313. The molecule has 0 saturated carbocycles. The Balaban J connectivity index is 1.75. The molecule has 2 amide bonds. The van der Waals surface area contributed by atoms with Crippen molar-refractivity contribution in [3.8, 4) is 0 Å². The minimum absolute atomic E-state index is 0.0447. The van der Waals surface area contributed by atoms with Crippen LogP contribution in [0.5, 0.6) is 0 Å². The lowest BCUT2D eigenvalue weighted by atomic mass is 9.96. The van der Waals surface area contributed by atoms with Crippen LogP contribution in [0.4, 0.5) is 0 Å². The van der Waals surface area contributed by atoms with Gasteiger partial charge in [0.15, 0.2) is 0 Å². The first-order valence-corrected chi connectivity index (χ1v) is 7.98. The van der Waals surface area contributed by atoms with Crippen LogP contribution in [-0.4, -0.2) is 39.4 Å². The molecule has 1 aromatic carbocycles. The number of hydrogen-bond donors (Lipinski definition) is 1. The fourth-order valence-corrected chi connectivity index (χ4v) is 3.04. The van der Waals surface area contributed by atoms with Gasteiger partial charge in [0.25, 0.3) is 5.56 Å². The molecule has 2 N–H and O–H groups in total. The molecule has 1 aromatic heterocycles. The Morgan fingerprint density at radius 1 is 1.29 bits per heavy atom. The van der Waals surface area contributed by atoms with Crippen molar-refractivity contribution in [1.29, 1.82) is 0 Å². The second-order valence-electron chi connectivity index (χ2n) is 6.26. The number of fused-ring (bicyclic) bond motifs is 1. The molecule has 3 rings (SSSR count). The molecule has 7 nitrogen and oxygen atoms in total. The lowest BCUT2D eigenvalue weighted by Gasteiger charge is -2.30. The fourth-order valence-electron chi connectivity index (χ4n) is 3.04. The molecule has 1 aliphatic rings. The third-order valence-electron chi connectivity index (χ3n) is 4.54. The topological polar surface area (TPSA) is 98.3 Å². The first-order valence-electron chi connectivity index (χ1n) is 7.98. The van der Waals surface area contributed by atoms with Crippen molar-refractivity contribution in [2.75, 3.05) is 13.1 Å². The average Bonchev–Trinajstić information content (AvgIpc) is 2.58. The number of likely N-dealkylation sites (tertiary alicyclic amines) is 1. The van der Waals surface area contributed by atoms with Gasteiger partial charge >= 0.3 is 0 Å². The van der Waals surface area contributed by atoms with Crippen molar-refractivity contribution in [1.82, 2.24) is 14.5 Å². The van der Waals surface area contributed by atoms with E-state index < -0.39 is 0 Å². The number of benzene rings is 1. The van der Waals surface area contributed by atoms with Gasteiger partial charge < -0.3 is 10.6 Å². The summed E-state index contributed by atoms with van der Waals surface area (Å²) in [5.41, 5.74) is 6.68. The van der Waals surface area contributed by atoms with E-state index in [1.54, 1.807) is 17.0 Å². The maximum absolute atomic E-state index is 12.5. The standard InChI is InChI=1S/C17H20N4O3/c1-11-2-3-14-13(8-11)17(24)21(10-19-14)9-15(22)20-6-4-12(5-7-20)16(18)23/h2-3,8,10,12H,4-7,9H2,1H3,(H2,18,23). The summed E-state index contributed by atoms with van der Waals surface area (Å²) >= 11 is 0. The summed E-state index contributed by atoms with van der Waals surface area (Å²) in [6.45, 7) is 2.84. The minimum Gasteiger partial charge on any atom is -0.369 e. The highest BCUT2D eigenvalue weighted by molar-refractivity contribution is 5.80. The summed E-state index contributed by atoms with van der Waals surface area (Å²) < 4.78 is 1.34. The lowest BCUT2D eigenvalue weighted by molar-refractivity contribution is -0.135. The van der Waals surface area contributed by atoms with Crippen molar-refractivity contribution < 1.29 is 9.59 Å². The maximum Gasteiger partial charge on any atom is 0.261 e. The van der Waals surface area contributed by atoms with Gasteiger partial charge in [-0.3, -0.25) is 19.0 Å². The van der Waals surface area contributed by atoms with E-state index in [-0.39, 0.29) is 29.8 Å². The Kier molecular flexibility index (Phi) is 4.33. The summed E-state index contributed by atoms with van der Waals surface area (Å²) in [6, 6.07) is 5.48. The van der Waals surface area contributed by atoms with Crippen LogP contribution in [0.2, 0.25) is 0 Å². The lowest BCUT2D eigenvalue weighted by Crippen LogP contribution is -2.43. The molecule has 0 bridgehead atoms. The number of amides is 2. The third-order valence-corrected chi connectivity index (χ3v) is 4.54. The van der Waals surface area contributed by atoms with Gasteiger partial charge in [0.05, 0.1) is 17.2 Å². The maximum atomic E-state index is 12.5. The van der Waals surface area contributed by atoms with Crippen LogP contribution in [0, 0.1) is 12.8 Å². The van der Waals surface area contributed by atoms with Gasteiger partial charge in [0.2, 0.25) is 11.8 Å². The Labute approximate surface area is 139 Å². The Morgan fingerprint density at radius 3 is 2.67 bits per heavy atom. The number of nitrogens with zero attached hydrogens (tertiary/aromatic N) is 3. The van der Waals surface area contributed by atoms with Gasteiger partial charge in [-0.15, -0.1) is 0 Å². The van der Waals surface area contributed by atoms with E-state index in [1.807, 2.05) is 13.0 Å². The number of primary amides is 1. The van der Waals surface area contributed by atoms with Crippen LogP contribution in [0.3, 0.4) is 0 Å². The summed E-state index contributed by atoms with van der Waals surface area (Å²) in [6.07, 6.45) is 2.56. The summed E-state index contributed by atoms with van der Waals surface area (Å²) in [7, 11) is 0. The average molecular weight is 328 g/mol. The Hall–Kier alpha value is -2.70. The van der Waals surface area contributed by atoms with E-state index in [1.165, 1.54) is 10.9 Å². The summed E-state index contributed by atoms with van der Waals surface area (Å²) in [5.74, 6) is -0.622. The molecule has 24 heavy (non-hydrogen) atoms. The smallest absolute Gasteiger partial charge is 0.261 e. The largest absolute Gasteiger partial charge is 0.369 e. The van der Waals surface area contributed by atoms with Gasteiger partial charge in [0.1, 0.15) is 6.54 Å². The molecule has 0 spiro atoms. The number of hydrogen-bond acceptors (Lipinski definition) is 4. The molecule has 0 atom stereocenters. The molecule has 126 valence electrons. The van der Waals surface area contributed by atoms with Gasteiger partial charge in [-0.05, 0) is 31.9 Å². The first-order chi connectivity index (χ1) is 11.5. The van der Waals surface area contributed by atoms with Crippen molar-refractivity contribution >= 4 is 22.7 Å². The van der Waals surface area contributed by atoms with Gasteiger partial charge in [-0.2, -0.15) is 0 Å². The van der Waals surface area contributed by atoms with Crippen molar-refractivity contribution in [2.45, 2.75) is 26.3 Å². The molecule has 2 aromatic rings. The molecule has 1 saturated heterocycles. The van der Waals surface area contributed by atoms with Crippen LogP contribution in [0.25, 0.3) is 10.9 Å². The van der Waals surface area contributed by atoms with E-state index in [2.05, 4.69) is 4.98 Å². The van der Waals surface area contributed by atoms with E-state index in [0.29, 0.717) is 36.8 Å². The predicted molar refractivity (Wildman–Crippen MR) is 89.2 cm³/mol. The van der Waals surface area contributed by atoms with Gasteiger partial charge in [0, 0.05) is 19.0 Å². The molecule has 0 unspecified atom stereocenters. The molecule has 1 fully saturated rings. The SMILES string of the molecule is Cc1ccc2ncn(CC(=O)N3CCC(C(N)=O)CC3)c(=O)c2c1. The predicted octanol–water partition coefficient (Wildman–Crippen LogP) is 0.429. The van der Waals surface area contributed by atoms with Crippen LogP contribution < -0.4 is 11.3 Å². The molecule has 0 radical (unpaired) electrons. The van der Waals surface area contributed by atoms with Crippen LogP contribution in [0.1, 0.15) is 18.4 Å². The molecule has 0 aliphatic carbocycles. The zero-order valence-electron chi connectivity index (χ0n) is 13.6. The summed E-state index contributed by atoms with van der Waals surface area (Å²) in [5, 5.41) is 0.512. The highest BCUT2D eigenvalue weighted by Gasteiger charge is 2.26. The van der Waals surface area contributed by atoms with Crippen LogP contribution in [-0.2, 0) is 16.1 Å². The van der Waals surface area contributed by atoms with Crippen LogP contribution >= 0.6 is 0 Å². The third kappa shape index (κ3) is 3.15. The van der Waals surface area contributed by atoms with E-state index in [0.717, 1.165) is 5.56 Å². The number of rotatable bonds is 3. The number of aromatic nitrogens is 2. The number of carbonyl (C=O) groups is 2. The fraction of sp³-hybridized carbons (Fsp3) is 0.412. The Morgan fingerprint density at radius 2 is 2.00 bits per heavy atom. The molecular formula is C17H20N4O3. The summed E-state index contributed by atoms with van der Waals surface area (Å²) in [4.78, 5) is 42.1. The van der Waals surface area contributed by atoms with Gasteiger partial charge in [-0.1, -0.05) is 11.6 Å². The van der Waals surface area contributed by atoms with Crippen molar-refractivity contribution in [3.05, 3.63) is 40.4 Å². The van der Waals surface area contributed by atoms with Crippen molar-refractivity contribution in [3.63, 3.8) is 0 Å². The first kappa shape index (κ1) is 16.2. The van der Waals surface area contributed by atoms with Crippen molar-refractivity contribution in [2.24, 2.45) is 11.7 Å². The number of aryl methyl sites for hydroxylation is 1. The second-order valence-corrected chi connectivity index (χ2v) is 6.26. The Bertz CT molecular complexity index is 851. The number of nitrogens with two attached hydrogens (primary N) is 1. The van der Waals surface area contributed by atoms with Crippen LogP contribution in [0.15, 0.2) is 29.3 Å². The molecular weight excluding hydrogens is 308 g/mol. The van der Waals surface area contributed by atoms with E-state index in [4.69, 9.17) is 5.73 Å². The zero-order valence-corrected chi connectivity index (χ0v) is 13.6. The van der Waals surface area contributed by atoms with E-state index in [9.17, 15) is 14.4 Å². The highest BCUT2D eigenvalue weighted by atomic mass is 16.2. The molecule has 1 aliphatic heterocycles. The number of carbonyl (C=O) groups excluding carboxylic acids is 2. The van der Waals surface area contributed by atoms with E-state index >= 15 is 0 Å². The second kappa shape index (κ2) is 6.43. The number of piperidine rings is 1. The monoisotopic (exact) mass is 328 g/mol. The highest BCUT2D eigenvalue weighted by Crippen LogP contribution is 2.17. The zero-order chi connectivity index (χ0) is 17.3. The van der Waals surface area contributed by atoms with Gasteiger partial charge in [-0.25, -0.2) is 4.98 Å².